The van der Waals surface area contributed by atoms with Crippen LogP contribution in [0.2, 0.25) is 0 Å². The van der Waals surface area contributed by atoms with Gasteiger partial charge in [-0.25, -0.2) is 0 Å². The molecule has 0 heterocycles. The van der Waals surface area contributed by atoms with E-state index in [1.165, 1.54) is 0 Å². The smallest absolute Gasteiger partial charge is 0.191 e. The van der Waals surface area contributed by atoms with Gasteiger partial charge in [0.2, 0.25) is 0 Å². The Morgan fingerprint density at radius 3 is 2.57 bits per heavy atom. The van der Waals surface area contributed by atoms with E-state index >= 15 is 0 Å². The fraction of sp³-hybridized carbons (Fsp3) is 0.588. The largest absolute Gasteiger partial charge is 0.497 e. The topological polar surface area (TPSA) is 64.1 Å². The zero-order valence-electron chi connectivity index (χ0n) is 14.8. The number of nitrogens with one attached hydrogen (secondary N) is 2. The van der Waals surface area contributed by atoms with Crippen LogP contribution in [0.5, 0.6) is 11.5 Å². The zero-order valence-corrected chi connectivity index (χ0v) is 14.8. The van der Waals surface area contributed by atoms with E-state index in [-0.39, 0.29) is 5.60 Å². The Morgan fingerprint density at radius 1 is 1.17 bits per heavy atom. The highest BCUT2D eigenvalue weighted by Crippen LogP contribution is 2.18. The highest BCUT2D eigenvalue weighted by molar-refractivity contribution is 5.79. The predicted octanol–water partition coefficient (Wildman–Crippen LogP) is 2.05. The molecule has 130 valence electrons. The minimum Gasteiger partial charge on any atom is -0.497 e. The van der Waals surface area contributed by atoms with Crippen molar-refractivity contribution in [3.63, 3.8) is 0 Å². The molecule has 0 aromatic heterocycles. The second kappa shape index (κ2) is 9.94. The SMILES string of the molecule is CN=C(NCCCOc1cccc(OC)c1)NCC(C)(C)OC. The lowest BCUT2D eigenvalue weighted by molar-refractivity contribution is 0.0268. The Morgan fingerprint density at radius 2 is 1.91 bits per heavy atom. The number of guanidine groups is 1. The predicted molar refractivity (Wildman–Crippen MR) is 93.6 cm³/mol. The summed E-state index contributed by atoms with van der Waals surface area (Å²) in [5.41, 5.74) is -0.229. The molecule has 0 atom stereocenters. The lowest BCUT2D eigenvalue weighted by atomic mass is 10.1. The monoisotopic (exact) mass is 323 g/mol. The summed E-state index contributed by atoms with van der Waals surface area (Å²) in [7, 11) is 5.10. The molecule has 0 saturated carbocycles. The summed E-state index contributed by atoms with van der Waals surface area (Å²) in [4.78, 5) is 4.19. The van der Waals surface area contributed by atoms with Crippen LogP contribution in [0, 0.1) is 0 Å². The number of hydrogen-bond acceptors (Lipinski definition) is 4. The van der Waals surface area contributed by atoms with E-state index in [9.17, 15) is 0 Å². The van der Waals surface area contributed by atoms with E-state index in [4.69, 9.17) is 14.2 Å². The van der Waals surface area contributed by atoms with Gasteiger partial charge >= 0.3 is 0 Å². The molecule has 0 radical (unpaired) electrons. The molecule has 0 aliphatic heterocycles. The normalized spacial score (nSPS) is 12.0. The quantitative estimate of drug-likeness (QED) is 0.414. The Balaban J connectivity index is 2.22. The number of ether oxygens (including phenoxy) is 3. The van der Waals surface area contributed by atoms with Crippen molar-refractivity contribution in [2.24, 2.45) is 4.99 Å². The van der Waals surface area contributed by atoms with Crippen molar-refractivity contribution in [2.75, 3.05) is 41.0 Å². The first-order valence-corrected chi connectivity index (χ1v) is 7.77. The van der Waals surface area contributed by atoms with Gasteiger partial charge < -0.3 is 24.8 Å². The second-order valence-corrected chi connectivity index (χ2v) is 5.70. The van der Waals surface area contributed by atoms with E-state index in [2.05, 4.69) is 15.6 Å². The minimum absolute atomic E-state index is 0.229. The van der Waals surface area contributed by atoms with Crippen LogP contribution in [0.3, 0.4) is 0 Å². The number of aliphatic imine (C=N–C) groups is 1. The average molecular weight is 323 g/mol. The van der Waals surface area contributed by atoms with Crippen molar-refractivity contribution in [1.29, 1.82) is 0 Å². The van der Waals surface area contributed by atoms with E-state index in [1.54, 1.807) is 21.3 Å². The Kier molecular flexibility index (Phi) is 8.26. The van der Waals surface area contributed by atoms with Crippen molar-refractivity contribution < 1.29 is 14.2 Å². The van der Waals surface area contributed by atoms with E-state index < -0.39 is 0 Å². The third-order valence-corrected chi connectivity index (χ3v) is 3.38. The standard InChI is InChI=1S/C17H29N3O3/c1-17(2,22-5)13-20-16(18-3)19-10-7-11-23-15-9-6-8-14(12-15)21-4/h6,8-9,12H,7,10-11,13H2,1-5H3,(H2,18,19,20). The third kappa shape index (κ3) is 7.74. The molecule has 0 aliphatic rings. The summed E-state index contributed by atoms with van der Waals surface area (Å²) in [5.74, 6) is 2.37. The van der Waals surface area contributed by atoms with Gasteiger partial charge in [-0.2, -0.15) is 0 Å². The molecule has 0 saturated heterocycles. The first-order valence-electron chi connectivity index (χ1n) is 7.77. The maximum absolute atomic E-state index is 5.70. The highest BCUT2D eigenvalue weighted by Gasteiger charge is 2.16. The molecule has 0 aliphatic carbocycles. The molecule has 0 unspecified atom stereocenters. The van der Waals surface area contributed by atoms with Gasteiger partial charge in [0.1, 0.15) is 11.5 Å². The molecule has 1 aromatic rings. The van der Waals surface area contributed by atoms with E-state index in [1.807, 2.05) is 38.1 Å². The fourth-order valence-corrected chi connectivity index (χ4v) is 1.75. The number of benzene rings is 1. The van der Waals surface area contributed by atoms with Crippen molar-refractivity contribution in [3.8, 4) is 11.5 Å². The number of methoxy groups -OCH3 is 2. The van der Waals surface area contributed by atoms with Crippen molar-refractivity contribution >= 4 is 5.96 Å². The first-order chi connectivity index (χ1) is 11.0. The molecule has 2 N–H and O–H groups in total. The molecule has 1 rings (SSSR count). The molecule has 23 heavy (non-hydrogen) atoms. The van der Waals surface area contributed by atoms with Gasteiger partial charge in [-0.05, 0) is 32.4 Å². The zero-order chi connectivity index (χ0) is 17.1. The summed E-state index contributed by atoms with van der Waals surface area (Å²) >= 11 is 0. The summed E-state index contributed by atoms with van der Waals surface area (Å²) in [6.07, 6.45) is 0.867. The van der Waals surface area contributed by atoms with Crippen LogP contribution in [0.15, 0.2) is 29.3 Å². The minimum atomic E-state index is -0.229. The molecule has 6 heteroatoms. The fourth-order valence-electron chi connectivity index (χ4n) is 1.75. The van der Waals surface area contributed by atoms with Gasteiger partial charge in [0.15, 0.2) is 5.96 Å². The molecule has 0 amide bonds. The molecule has 0 fully saturated rings. The van der Waals surface area contributed by atoms with E-state index in [0.717, 1.165) is 30.4 Å². The Hall–Kier alpha value is -1.95. The van der Waals surface area contributed by atoms with Gasteiger partial charge in [-0.15, -0.1) is 0 Å². The van der Waals surface area contributed by atoms with E-state index in [0.29, 0.717) is 13.2 Å². The van der Waals surface area contributed by atoms with Crippen LogP contribution in [0.25, 0.3) is 0 Å². The maximum atomic E-state index is 5.70. The first kappa shape index (κ1) is 19.1. The van der Waals surface area contributed by atoms with Crippen molar-refractivity contribution in [1.82, 2.24) is 10.6 Å². The van der Waals surface area contributed by atoms with Crippen LogP contribution < -0.4 is 20.1 Å². The molecule has 6 nitrogen and oxygen atoms in total. The van der Waals surface area contributed by atoms with Crippen LogP contribution in [-0.4, -0.2) is 52.5 Å². The second-order valence-electron chi connectivity index (χ2n) is 5.70. The van der Waals surface area contributed by atoms with Gasteiger partial charge in [0.05, 0.1) is 19.3 Å². The van der Waals surface area contributed by atoms with Crippen LogP contribution in [-0.2, 0) is 4.74 Å². The lowest BCUT2D eigenvalue weighted by Gasteiger charge is -2.24. The number of nitrogens with zero attached hydrogens (tertiary/aromatic N) is 1. The molecular formula is C17H29N3O3. The molecule has 1 aromatic carbocycles. The number of rotatable bonds is 9. The van der Waals surface area contributed by atoms with Gasteiger partial charge in [-0.1, -0.05) is 6.07 Å². The average Bonchev–Trinajstić information content (AvgIpc) is 2.57. The maximum Gasteiger partial charge on any atom is 0.191 e. The van der Waals surface area contributed by atoms with Crippen LogP contribution in [0.4, 0.5) is 0 Å². The van der Waals surface area contributed by atoms with Gasteiger partial charge in [-0.3, -0.25) is 4.99 Å². The lowest BCUT2D eigenvalue weighted by Crippen LogP contribution is -2.45. The summed E-state index contributed by atoms with van der Waals surface area (Å²) in [5, 5.41) is 6.49. The molecular weight excluding hydrogens is 294 g/mol. The number of hydrogen-bond donors (Lipinski definition) is 2. The van der Waals surface area contributed by atoms with Crippen molar-refractivity contribution in [3.05, 3.63) is 24.3 Å². The van der Waals surface area contributed by atoms with Crippen LogP contribution >= 0.6 is 0 Å². The summed E-state index contributed by atoms with van der Waals surface area (Å²) in [6, 6.07) is 7.60. The molecule has 0 spiro atoms. The summed E-state index contributed by atoms with van der Waals surface area (Å²) in [6.45, 7) is 6.13. The Bertz CT molecular complexity index is 490. The third-order valence-electron chi connectivity index (χ3n) is 3.38. The highest BCUT2D eigenvalue weighted by atomic mass is 16.5. The van der Waals surface area contributed by atoms with Gasteiger partial charge in [0, 0.05) is 33.3 Å². The van der Waals surface area contributed by atoms with Crippen LogP contribution in [0.1, 0.15) is 20.3 Å². The molecule has 0 bridgehead atoms. The summed E-state index contributed by atoms with van der Waals surface area (Å²) < 4.78 is 16.2. The van der Waals surface area contributed by atoms with Crippen molar-refractivity contribution in [2.45, 2.75) is 25.9 Å². The Labute approximate surface area is 139 Å². The van der Waals surface area contributed by atoms with Gasteiger partial charge in [0.25, 0.3) is 0 Å².